The monoisotopic (exact) mass is 344 g/mol. The molecular weight excluding hydrogens is 328 g/mol. The summed E-state index contributed by atoms with van der Waals surface area (Å²) in [6.07, 6.45) is 3.30. The van der Waals surface area contributed by atoms with Crippen molar-refractivity contribution in [2.75, 3.05) is 5.32 Å². The van der Waals surface area contributed by atoms with Gasteiger partial charge in [0.1, 0.15) is 5.82 Å². The Morgan fingerprint density at radius 2 is 1.85 bits per heavy atom. The van der Waals surface area contributed by atoms with Crippen molar-refractivity contribution in [3.05, 3.63) is 78.4 Å². The third-order valence-corrected chi connectivity index (χ3v) is 3.80. The first-order valence-electron chi connectivity index (χ1n) is 8.14. The van der Waals surface area contributed by atoms with Gasteiger partial charge in [0.2, 0.25) is 5.95 Å². The lowest BCUT2D eigenvalue weighted by atomic mass is 10.2. The van der Waals surface area contributed by atoms with Crippen molar-refractivity contribution in [1.82, 2.24) is 25.3 Å². The molecule has 7 heteroatoms. The molecular formula is C19H16N6O. The first-order valence-corrected chi connectivity index (χ1v) is 8.14. The maximum atomic E-state index is 12.4. The molecule has 0 aliphatic heterocycles. The predicted octanol–water partition coefficient (Wildman–Crippen LogP) is 3.03. The molecule has 3 N–H and O–H groups in total. The van der Waals surface area contributed by atoms with Crippen LogP contribution in [0.2, 0.25) is 0 Å². The van der Waals surface area contributed by atoms with Gasteiger partial charge in [-0.05, 0) is 36.4 Å². The van der Waals surface area contributed by atoms with Gasteiger partial charge in [0, 0.05) is 23.6 Å². The zero-order valence-corrected chi connectivity index (χ0v) is 13.8. The molecule has 0 bridgehead atoms. The molecule has 0 atom stereocenters. The van der Waals surface area contributed by atoms with Gasteiger partial charge in [-0.15, -0.1) is 0 Å². The van der Waals surface area contributed by atoms with Gasteiger partial charge in [-0.3, -0.25) is 4.79 Å². The standard InChI is InChI=1S/C19H16N6O/c26-18(22-12-17-24-15-7-1-2-8-16(15)25-17)13-5-3-6-14(11-13)23-19-20-9-4-10-21-19/h1-11H,12H2,(H,22,26)(H,24,25)(H,20,21,23). The Kier molecular flexibility index (Phi) is 4.26. The van der Waals surface area contributed by atoms with Gasteiger partial charge in [-0.25, -0.2) is 15.0 Å². The van der Waals surface area contributed by atoms with Crippen molar-refractivity contribution < 1.29 is 4.79 Å². The second-order valence-electron chi connectivity index (χ2n) is 5.66. The number of fused-ring (bicyclic) bond motifs is 1. The number of aromatic nitrogens is 4. The van der Waals surface area contributed by atoms with E-state index in [2.05, 4.69) is 30.6 Å². The molecule has 128 valence electrons. The zero-order chi connectivity index (χ0) is 17.8. The summed E-state index contributed by atoms with van der Waals surface area (Å²) in [4.78, 5) is 28.3. The number of carbonyl (C=O) groups is 1. The average Bonchev–Trinajstić information content (AvgIpc) is 3.10. The van der Waals surface area contributed by atoms with Gasteiger partial charge in [0.05, 0.1) is 17.6 Å². The van der Waals surface area contributed by atoms with E-state index >= 15 is 0 Å². The summed E-state index contributed by atoms with van der Waals surface area (Å²) in [5.74, 6) is 1.02. The van der Waals surface area contributed by atoms with Gasteiger partial charge < -0.3 is 15.6 Å². The van der Waals surface area contributed by atoms with Gasteiger partial charge in [-0.2, -0.15) is 0 Å². The fourth-order valence-electron chi connectivity index (χ4n) is 2.59. The van der Waals surface area contributed by atoms with Crippen LogP contribution in [-0.4, -0.2) is 25.8 Å². The van der Waals surface area contributed by atoms with Crippen LogP contribution in [-0.2, 0) is 6.54 Å². The summed E-state index contributed by atoms with van der Waals surface area (Å²) >= 11 is 0. The third kappa shape index (κ3) is 3.51. The topological polar surface area (TPSA) is 95.6 Å². The van der Waals surface area contributed by atoms with E-state index in [1.54, 1.807) is 36.7 Å². The Hall–Kier alpha value is -3.74. The molecule has 7 nitrogen and oxygen atoms in total. The highest BCUT2D eigenvalue weighted by Gasteiger charge is 2.08. The molecule has 0 radical (unpaired) electrons. The Labute approximate surface area is 149 Å². The quantitative estimate of drug-likeness (QED) is 0.517. The Morgan fingerprint density at radius 1 is 1.00 bits per heavy atom. The molecule has 2 heterocycles. The number of amides is 1. The summed E-state index contributed by atoms with van der Waals surface area (Å²) < 4.78 is 0. The van der Waals surface area contributed by atoms with Crippen molar-refractivity contribution in [2.24, 2.45) is 0 Å². The van der Waals surface area contributed by atoms with Crippen LogP contribution in [0.4, 0.5) is 11.6 Å². The van der Waals surface area contributed by atoms with Crippen molar-refractivity contribution in [3.8, 4) is 0 Å². The Morgan fingerprint density at radius 3 is 2.69 bits per heavy atom. The molecule has 4 aromatic rings. The van der Waals surface area contributed by atoms with Crippen LogP contribution in [0.1, 0.15) is 16.2 Å². The van der Waals surface area contributed by atoms with Crippen LogP contribution < -0.4 is 10.6 Å². The summed E-state index contributed by atoms with van der Waals surface area (Å²) in [7, 11) is 0. The maximum Gasteiger partial charge on any atom is 0.251 e. The first kappa shape index (κ1) is 15.8. The smallest absolute Gasteiger partial charge is 0.251 e. The van der Waals surface area contributed by atoms with E-state index in [0.717, 1.165) is 16.7 Å². The summed E-state index contributed by atoms with van der Waals surface area (Å²) in [5, 5.41) is 5.95. The molecule has 0 aliphatic carbocycles. The maximum absolute atomic E-state index is 12.4. The molecule has 0 fully saturated rings. The number of nitrogens with one attached hydrogen (secondary N) is 3. The minimum Gasteiger partial charge on any atom is -0.345 e. The highest BCUT2D eigenvalue weighted by molar-refractivity contribution is 5.95. The Bertz CT molecular complexity index is 1010. The van der Waals surface area contributed by atoms with Crippen molar-refractivity contribution in [1.29, 1.82) is 0 Å². The number of carbonyl (C=O) groups excluding carboxylic acids is 1. The van der Waals surface area contributed by atoms with Gasteiger partial charge >= 0.3 is 0 Å². The number of imidazole rings is 1. The van der Waals surface area contributed by atoms with E-state index in [0.29, 0.717) is 23.9 Å². The van der Waals surface area contributed by atoms with E-state index in [1.807, 2.05) is 30.3 Å². The minimum atomic E-state index is -0.178. The molecule has 26 heavy (non-hydrogen) atoms. The van der Waals surface area contributed by atoms with E-state index in [-0.39, 0.29) is 5.91 Å². The fourth-order valence-corrected chi connectivity index (χ4v) is 2.59. The van der Waals surface area contributed by atoms with Crippen LogP contribution in [0.25, 0.3) is 11.0 Å². The van der Waals surface area contributed by atoms with Gasteiger partial charge in [-0.1, -0.05) is 18.2 Å². The summed E-state index contributed by atoms with van der Waals surface area (Å²) in [5.41, 5.74) is 3.12. The zero-order valence-electron chi connectivity index (χ0n) is 13.8. The number of aromatic amines is 1. The van der Waals surface area contributed by atoms with Crippen LogP contribution >= 0.6 is 0 Å². The SMILES string of the molecule is O=C(NCc1nc2ccccc2[nH]1)c1cccc(Nc2ncccn2)c1. The van der Waals surface area contributed by atoms with E-state index in [9.17, 15) is 4.79 Å². The summed E-state index contributed by atoms with van der Waals surface area (Å²) in [6.45, 7) is 0.326. The number of hydrogen-bond donors (Lipinski definition) is 3. The summed E-state index contributed by atoms with van der Waals surface area (Å²) in [6, 6.07) is 16.7. The molecule has 4 rings (SSSR count). The molecule has 2 aromatic heterocycles. The number of nitrogens with zero attached hydrogens (tertiary/aromatic N) is 3. The van der Waals surface area contributed by atoms with E-state index in [1.165, 1.54) is 0 Å². The fraction of sp³-hybridized carbons (Fsp3) is 0.0526. The largest absolute Gasteiger partial charge is 0.345 e. The first-order chi connectivity index (χ1) is 12.8. The molecule has 2 aromatic carbocycles. The van der Waals surface area contributed by atoms with Crippen LogP contribution in [0.5, 0.6) is 0 Å². The van der Waals surface area contributed by atoms with Gasteiger partial charge in [0.15, 0.2) is 0 Å². The van der Waals surface area contributed by atoms with E-state index < -0.39 is 0 Å². The lowest BCUT2D eigenvalue weighted by Crippen LogP contribution is -2.23. The van der Waals surface area contributed by atoms with Crippen molar-refractivity contribution >= 4 is 28.6 Å². The third-order valence-electron chi connectivity index (χ3n) is 3.80. The number of hydrogen-bond acceptors (Lipinski definition) is 5. The molecule has 0 saturated carbocycles. The second kappa shape index (κ2) is 7.02. The number of anilines is 2. The second-order valence-corrected chi connectivity index (χ2v) is 5.66. The van der Waals surface area contributed by atoms with E-state index in [4.69, 9.17) is 0 Å². The lowest BCUT2D eigenvalue weighted by molar-refractivity contribution is 0.0950. The highest BCUT2D eigenvalue weighted by Crippen LogP contribution is 2.15. The molecule has 0 saturated heterocycles. The molecule has 0 unspecified atom stereocenters. The molecule has 0 spiro atoms. The predicted molar refractivity (Wildman–Crippen MR) is 99.0 cm³/mol. The highest BCUT2D eigenvalue weighted by atomic mass is 16.1. The average molecular weight is 344 g/mol. The number of para-hydroxylation sites is 2. The molecule has 0 aliphatic rings. The number of H-pyrrole nitrogens is 1. The lowest BCUT2D eigenvalue weighted by Gasteiger charge is -2.07. The minimum absolute atomic E-state index is 0.178. The van der Waals surface area contributed by atoms with Crippen molar-refractivity contribution in [3.63, 3.8) is 0 Å². The number of benzene rings is 2. The van der Waals surface area contributed by atoms with Crippen LogP contribution in [0.3, 0.4) is 0 Å². The normalized spacial score (nSPS) is 10.6. The number of rotatable bonds is 5. The molecule has 1 amide bonds. The van der Waals surface area contributed by atoms with Crippen LogP contribution in [0, 0.1) is 0 Å². The Balaban J connectivity index is 1.43. The van der Waals surface area contributed by atoms with Gasteiger partial charge in [0.25, 0.3) is 5.91 Å². The van der Waals surface area contributed by atoms with Crippen molar-refractivity contribution in [2.45, 2.75) is 6.54 Å². The van der Waals surface area contributed by atoms with Crippen LogP contribution in [0.15, 0.2) is 67.0 Å².